The van der Waals surface area contributed by atoms with E-state index < -0.39 is 109 Å². The summed E-state index contributed by atoms with van der Waals surface area (Å²) < 4.78 is 0. The lowest BCUT2D eigenvalue weighted by molar-refractivity contribution is -0.142. The van der Waals surface area contributed by atoms with Crippen molar-refractivity contribution in [3.63, 3.8) is 0 Å². The number of hydrogen-bond acceptors (Lipinski definition) is 13. The highest BCUT2D eigenvalue weighted by atomic mass is 32.2. The van der Waals surface area contributed by atoms with Gasteiger partial charge in [0.05, 0.1) is 19.1 Å². The van der Waals surface area contributed by atoms with Crippen LogP contribution in [0, 0.1) is 0 Å². The molecular formula is C27H49N11O11S. The number of carbonyl (C=O) groups excluding carboxylic acids is 7. The van der Waals surface area contributed by atoms with Gasteiger partial charge in [0.1, 0.15) is 36.3 Å². The number of nitrogens with zero attached hydrogens (tertiary/aromatic N) is 1. The molecule has 284 valence electrons. The Kier molecular flexibility index (Phi) is 21.4. The van der Waals surface area contributed by atoms with Crippen LogP contribution < -0.4 is 55.3 Å². The Balaban J connectivity index is 6.17. The van der Waals surface area contributed by atoms with Gasteiger partial charge in [-0.2, -0.15) is 11.8 Å². The molecule has 18 N–H and O–H groups in total. The van der Waals surface area contributed by atoms with Gasteiger partial charge in [0.25, 0.3) is 0 Å². The Labute approximate surface area is 291 Å². The van der Waals surface area contributed by atoms with E-state index in [0.29, 0.717) is 5.75 Å². The third-order valence-corrected chi connectivity index (χ3v) is 7.39. The molecule has 0 heterocycles. The number of guanidine groups is 1. The Morgan fingerprint density at radius 2 is 1.24 bits per heavy atom. The minimum Gasteiger partial charge on any atom is -0.480 e. The number of nitrogens with one attached hydrogen (secondary N) is 5. The van der Waals surface area contributed by atoms with Crippen LogP contribution in [0.5, 0.6) is 0 Å². The van der Waals surface area contributed by atoms with Crippen molar-refractivity contribution in [2.75, 3.05) is 25.2 Å². The maximum Gasteiger partial charge on any atom is 0.326 e. The van der Waals surface area contributed by atoms with E-state index in [1.807, 2.05) is 0 Å². The number of carboxylic acids is 1. The lowest BCUT2D eigenvalue weighted by Gasteiger charge is -2.27. The number of aliphatic imine (C=N–C) groups is 1. The molecule has 0 bridgehead atoms. The van der Waals surface area contributed by atoms with E-state index in [0.717, 1.165) is 6.92 Å². The Morgan fingerprint density at radius 1 is 0.720 bits per heavy atom. The Morgan fingerprint density at radius 3 is 1.74 bits per heavy atom. The molecule has 0 aliphatic carbocycles. The number of aliphatic hydroxyl groups excluding tert-OH is 2. The number of nitrogens with two attached hydrogens (primary N) is 5. The lowest BCUT2D eigenvalue weighted by atomic mass is 10.1. The van der Waals surface area contributed by atoms with Crippen molar-refractivity contribution in [3.05, 3.63) is 0 Å². The third kappa shape index (κ3) is 18.1. The largest absolute Gasteiger partial charge is 0.480 e. The molecule has 0 saturated carbocycles. The van der Waals surface area contributed by atoms with Gasteiger partial charge in [0.2, 0.25) is 41.4 Å². The van der Waals surface area contributed by atoms with E-state index in [-0.39, 0.29) is 38.2 Å². The SMILES string of the molecule is CSCC[C@H](NC(=O)[C@H](CCCN=C(N)N)NC(=O)[C@H](CC(N)=O)NC(=O)[C@@H](NC(=O)[C@H](CCC(N)=O)NC(=O)[C@@H](N)CO)[C@@H](C)O)C(=O)O. The van der Waals surface area contributed by atoms with Crippen LogP contribution in [-0.4, -0.2) is 136 Å². The molecular weight excluding hydrogens is 686 g/mol. The summed E-state index contributed by atoms with van der Waals surface area (Å²) in [6.45, 7) is 0.342. The van der Waals surface area contributed by atoms with Gasteiger partial charge in [-0.25, -0.2) is 4.79 Å². The van der Waals surface area contributed by atoms with Crippen molar-refractivity contribution in [1.29, 1.82) is 0 Å². The van der Waals surface area contributed by atoms with Gasteiger partial charge in [-0.1, -0.05) is 0 Å². The minimum atomic E-state index is -1.82. The zero-order valence-electron chi connectivity index (χ0n) is 27.8. The summed E-state index contributed by atoms with van der Waals surface area (Å²) in [6.07, 6.45) is -1.42. The molecule has 0 unspecified atom stereocenters. The summed E-state index contributed by atoms with van der Waals surface area (Å²) in [5.74, 6) is -8.38. The average molecular weight is 736 g/mol. The molecule has 0 aliphatic heterocycles. The van der Waals surface area contributed by atoms with Crippen molar-refractivity contribution in [3.8, 4) is 0 Å². The quantitative estimate of drug-likeness (QED) is 0.0235. The van der Waals surface area contributed by atoms with Crippen molar-refractivity contribution < 1.29 is 53.7 Å². The van der Waals surface area contributed by atoms with Crippen LogP contribution in [0.2, 0.25) is 0 Å². The van der Waals surface area contributed by atoms with Crippen molar-refractivity contribution in [1.82, 2.24) is 26.6 Å². The van der Waals surface area contributed by atoms with Crippen LogP contribution in [0.15, 0.2) is 4.99 Å². The third-order valence-electron chi connectivity index (χ3n) is 6.75. The highest BCUT2D eigenvalue weighted by molar-refractivity contribution is 7.98. The number of carbonyl (C=O) groups is 8. The molecule has 0 saturated heterocycles. The second kappa shape index (κ2) is 23.6. The van der Waals surface area contributed by atoms with Gasteiger partial charge in [0, 0.05) is 13.0 Å². The molecule has 7 amide bonds. The van der Waals surface area contributed by atoms with Gasteiger partial charge in [-0.3, -0.25) is 38.6 Å². The Hall–Kier alpha value is -4.74. The summed E-state index contributed by atoms with van der Waals surface area (Å²) in [7, 11) is 0. The maximum absolute atomic E-state index is 13.4. The van der Waals surface area contributed by atoms with E-state index in [4.69, 9.17) is 33.8 Å². The first kappa shape index (κ1) is 45.3. The van der Waals surface area contributed by atoms with Crippen LogP contribution in [-0.2, 0) is 38.4 Å². The molecule has 0 aliphatic rings. The number of carboxylic acid groups (broad SMARTS) is 1. The predicted octanol–water partition coefficient (Wildman–Crippen LogP) is -6.86. The number of aliphatic hydroxyl groups is 2. The van der Waals surface area contributed by atoms with Crippen LogP contribution >= 0.6 is 11.8 Å². The summed E-state index contributed by atoms with van der Waals surface area (Å²) in [4.78, 5) is 104. The second-order valence-corrected chi connectivity index (χ2v) is 12.0. The number of rotatable bonds is 25. The standard InChI is InChI=1S/C27H49N11O11S/c1-12(40)20(38-23(45)15(5-6-18(29)41)34-21(43)13(28)11-39)25(47)37-17(10-19(30)42)24(46)35-14(4-3-8-33-27(31)32)22(44)36-16(26(48)49)7-9-50-2/h12-17,20,39-40H,3-11,28H2,1-2H3,(H2,29,41)(H2,30,42)(H,34,43)(H,35,46)(H,36,44)(H,37,47)(H,38,45)(H,48,49)(H4,31,32,33)/t12-,13+,14+,15+,16+,17+,20+/m1/s1. The number of aliphatic carboxylic acids is 1. The fraction of sp³-hybridized carbons (Fsp3) is 0.667. The molecule has 0 aromatic rings. The van der Waals surface area contributed by atoms with Gasteiger partial charge in [-0.15, -0.1) is 0 Å². The lowest BCUT2D eigenvalue weighted by Crippen LogP contribution is -2.61. The number of hydrogen-bond donors (Lipinski definition) is 13. The molecule has 0 spiro atoms. The van der Waals surface area contributed by atoms with E-state index in [9.17, 15) is 48.6 Å². The van der Waals surface area contributed by atoms with E-state index in [1.165, 1.54) is 11.8 Å². The first-order valence-corrected chi connectivity index (χ1v) is 16.6. The highest BCUT2D eigenvalue weighted by Gasteiger charge is 2.35. The van der Waals surface area contributed by atoms with Crippen molar-refractivity contribution in [2.45, 2.75) is 87.8 Å². The molecule has 7 atom stereocenters. The Bertz CT molecular complexity index is 1230. The van der Waals surface area contributed by atoms with E-state index in [2.05, 4.69) is 31.6 Å². The highest BCUT2D eigenvalue weighted by Crippen LogP contribution is 2.07. The average Bonchev–Trinajstić information content (AvgIpc) is 3.02. The molecule has 0 radical (unpaired) electrons. The first-order valence-electron chi connectivity index (χ1n) is 15.2. The fourth-order valence-electron chi connectivity index (χ4n) is 4.06. The summed E-state index contributed by atoms with van der Waals surface area (Å²) in [5, 5.41) is 40.3. The summed E-state index contributed by atoms with van der Waals surface area (Å²) in [5.41, 5.74) is 26.5. The fourth-order valence-corrected chi connectivity index (χ4v) is 4.53. The predicted molar refractivity (Wildman–Crippen MR) is 179 cm³/mol. The van der Waals surface area contributed by atoms with Gasteiger partial charge in [0.15, 0.2) is 5.96 Å². The number of amides is 7. The zero-order chi connectivity index (χ0) is 38.6. The topological polar surface area (TPSA) is 400 Å². The monoisotopic (exact) mass is 735 g/mol. The van der Waals surface area contributed by atoms with Crippen molar-refractivity contribution in [2.24, 2.45) is 33.7 Å². The first-order chi connectivity index (χ1) is 23.3. The molecule has 22 nitrogen and oxygen atoms in total. The molecule has 0 aromatic heterocycles. The molecule has 0 aromatic carbocycles. The number of thioether (sulfide) groups is 1. The molecule has 0 fully saturated rings. The van der Waals surface area contributed by atoms with Crippen LogP contribution in [0.25, 0.3) is 0 Å². The second-order valence-electron chi connectivity index (χ2n) is 11.0. The van der Waals surface area contributed by atoms with Crippen LogP contribution in [0.3, 0.4) is 0 Å². The van der Waals surface area contributed by atoms with Gasteiger partial charge >= 0.3 is 5.97 Å². The normalized spacial score (nSPS) is 15.0. The zero-order valence-corrected chi connectivity index (χ0v) is 28.6. The van der Waals surface area contributed by atoms with Crippen LogP contribution in [0.4, 0.5) is 0 Å². The molecule has 23 heteroatoms. The minimum absolute atomic E-state index is 0.0286. The van der Waals surface area contributed by atoms with Gasteiger partial charge < -0.3 is 70.6 Å². The maximum atomic E-state index is 13.4. The van der Waals surface area contributed by atoms with Crippen LogP contribution in [0.1, 0.15) is 45.4 Å². The summed E-state index contributed by atoms with van der Waals surface area (Å²) >= 11 is 1.34. The molecule has 50 heavy (non-hydrogen) atoms. The van der Waals surface area contributed by atoms with E-state index >= 15 is 0 Å². The molecule has 0 rings (SSSR count). The van der Waals surface area contributed by atoms with E-state index in [1.54, 1.807) is 6.26 Å². The van der Waals surface area contributed by atoms with Crippen molar-refractivity contribution >= 4 is 65.0 Å². The summed E-state index contributed by atoms with van der Waals surface area (Å²) in [6, 6.07) is -9.27. The number of primary amides is 2. The van der Waals surface area contributed by atoms with Gasteiger partial charge in [-0.05, 0) is 44.6 Å². The smallest absolute Gasteiger partial charge is 0.326 e.